The number of likely N-dealkylation sites (tertiary alicyclic amines) is 1. The van der Waals surface area contributed by atoms with Gasteiger partial charge in [-0.25, -0.2) is 9.78 Å². The molecule has 10 heteroatoms. The van der Waals surface area contributed by atoms with E-state index in [9.17, 15) is 14.4 Å². The SMILES string of the molecule is O=C(CCC(=O)NC1CCN(Cc2ccccc2)CC1)Nc1nc(-c2cc3cc(Cl)ccc3oc2=O)cs1. The van der Waals surface area contributed by atoms with E-state index in [1.54, 1.807) is 29.6 Å². The summed E-state index contributed by atoms with van der Waals surface area (Å²) >= 11 is 7.24. The smallest absolute Gasteiger partial charge is 0.345 e. The average Bonchev–Trinajstić information content (AvgIpc) is 3.37. The van der Waals surface area contributed by atoms with Crippen LogP contribution in [0.15, 0.2) is 69.2 Å². The lowest BCUT2D eigenvalue weighted by atomic mass is 10.0. The maximum atomic E-state index is 12.4. The Morgan fingerprint density at radius 2 is 1.82 bits per heavy atom. The van der Waals surface area contributed by atoms with Gasteiger partial charge in [-0.3, -0.25) is 14.5 Å². The van der Waals surface area contributed by atoms with E-state index in [1.165, 1.54) is 16.9 Å². The van der Waals surface area contributed by atoms with Crippen LogP contribution in [0.5, 0.6) is 0 Å². The van der Waals surface area contributed by atoms with Crippen LogP contribution in [-0.2, 0) is 16.1 Å². The first-order valence-electron chi connectivity index (χ1n) is 12.5. The first-order chi connectivity index (χ1) is 18.4. The number of carbonyl (C=O) groups excluding carboxylic acids is 2. The van der Waals surface area contributed by atoms with E-state index in [-0.39, 0.29) is 36.3 Å². The first-order valence-corrected chi connectivity index (χ1v) is 13.7. The summed E-state index contributed by atoms with van der Waals surface area (Å²) in [6.45, 7) is 2.77. The van der Waals surface area contributed by atoms with Crippen LogP contribution in [0, 0.1) is 0 Å². The number of fused-ring (bicyclic) bond motifs is 1. The Balaban J connectivity index is 1.08. The van der Waals surface area contributed by atoms with Gasteiger partial charge in [0.1, 0.15) is 5.58 Å². The van der Waals surface area contributed by atoms with E-state index in [0.29, 0.717) is 26.8 Å². The summed E-state index contributed by atoms with van der Waals surface area (Å²) in [5, 5.41) is 9.01. The van der Waals surface area contributed by atoms with E-state index in [0.717, 1.165) is 32.5 Å². The molecule has 1 aliphatic heterocycles. The molecule has 0 saturated carbocycles. The van der Waals surface area contributed by atoms with Gasteiger partial charge in [-0.05, 0) is 42.7 Å². The summed E-state index contributed by atoms with van der Waals surface area (Å²) in [7, 11) is 0. The first kappa shape index (κ1) is 26.1. The normalized spacial score (nSPS) is 14.4. The van der Waals surface area contributed by atoms with E-state index in [4.69, 9.17) is 16.0 Å². The van der Waals surface area contributed by atoms with Crippen LogP contribution >= 0.6 is 22.9 Å². The molecular formula is C28H27ClN4O4S. The molecule has 8 nitrogen and oxygen atoms in total. The number of thiazole rings is 1. The van der Waals surface area contributed by atoms with Gasteiger partial charge in [-0.15, -0.1) is 11.3 Å². The summed E-state index contributed by atoms with van der Waals surface area (Å²) in [6.07, 6.45) is 1.93. The van der Waals surface area contributed by atoms with Gasteiger partial charge in [0.15, 0.2) is 5.13 Å². The molecule has 1 saturated heterocycles. The third-order valence-corrected chi connectivity index (χ3v) is 7.49. The van der Waals surface area contributed by atoms with Gasteiger partial charge in [-0.2, -0.15) is 0 Å². The number of hydrogen-bond acceptors (Lipinski definition) is 7. The number of piperidine rings is 1. The van der Waals surface area contributed by atoms with Crippen LogP contribution in [-0.4, -0.2) is 40.8 Å². The summed E-state index contributed by atoms with van der Waals surface area (Å²) in [5.74, 6) is -0.440. The minimum Gasteiger partial charge on any atom is -0.422 e. The lowest BCUT2D eigenvalue weighted by Gasteiger charge is -2.32. The van der Waals surface area contributed by atoms with Crippen molar-refractivity contribution in [3.63, 3.8) is 0 Å². The van der Waals surface area contributed by atoms with Crippen LogP contribution in [0.1, 0.15) is 31.2 Å². The highest BCUT2D eigenvalue weighted by Gasteiger charge is 2.21. The Bertz CT molecular complexity index is 1500. The minimum atomic E-state index is -0.523. The van der Waals surface area contributed by atoms with Crippen molar-refractivity contribution in [2.45, 2.75) is 38.3 Å². The number of halogens is 1. The number of rotatable bonds is 8. The topological polar surface area (TPSA) is 105 Å². The van der Waals surface area contributed by atoms with Crippen molar-refractivity contribution in [1.29, 1.82) is 0 Å². The number of aromatic nitrogens is 1. The molecule has 2 N–H and O–H groups in total. The van der Waals surface area contributed by atoms with E-state index < -0.39 is 5.63 Å². The fourth-order valence-electron chi connectivity index (χ4n) is 4.51. The number of nitrogens with zero attached hydrogens (tertiary/aromatic N) is 2. The van der Waals surface area contributed by atoms with Gasteiger partial charge in [0.05, 0.1) is 11.3 Å². The highest BCUT2D eigenvalue weighted by molar-refractivity contribution is 7.14. The quantitative estimate of drug-likeness (QED) is 0.297. The molecule has 0 aliphatic carbocycles. The molecule has 3 heterocycles. The molecule has 5 rings (SSSR count). The van der Waals surface area contributed by atoms with Crippen LogP contribution < -0.4 is 16.3 Å². The van der Waals surface area contributed by atoms with Crippen molar-refractivity contribution in [2.75, 3.05) is 18.4 Å². The van der Waals surface area contributed by atoms with Gasteiger partial charge in [-0.1, -0.05) is 41.9 Å². The molecule has 0 spiro atoms. The Morgan fingerprint density at radius 3 is 2.61 bits per heavy atom. The van der Waals surface area contributed by atoms with Gasteiger partial charge >= 0.3 is 5.63 Å². The zero-order valence-electron chi connectivity index (χ0n) is 20.6. The lowest BCUT2D eigenvalue weighted by Crippen LogP contribution is -2.44. The molecular weight excluding hydrogens is 524 g/mol. The summed E-state index contributed by atoms with van der Waals surface area (Å²) in [6, 6.07) is 17.2. The largest absolute Gasteiger partial charge is 0.422 e. The Morgan fingerprint density at radius 1 is 1.05 bits per heavy atom. The molecule has 196 valence electrons. The Labute approximate surface area is 228 Å². The van der Waals surface area contributed by atoms with Crippen LogP contribution in [0.3, 0.4) is 0 Å². The molecule has 2 amide bonds. The van der Waals surface area contributed by atoms with E-state index >= 15 is 0 Å². The number of hydrogen-bond donors (Lipinski definition) is 2. The number of nitrogens with one attached hydrogen (secondary N) is 2. The molecule has 0 unspecified atom stereocenters. The summed E-state index contributed by atoms with van der Waals surface area (Å²) in [4.78, 5) is 44.0. The number of carbonyl (C=O) groups is 2. The minimum absolute atomic E-state index is 0.0458. The number of amides is 2. The second kappa shape index (κ2) is 11.9. The monoisotopic (exact) mass is 550 g/mol. The molecule has 2 aromatic carbocycles. The van der Waals surface area contributed by atoms with Gasteiger partial charge in [0.25, 0.3) is 0 Å². The molecule has 38 heavy (non-hydrogen) atoms. The molecule has 1 aliphatic rings. The highest BCUT2D eigenvalue weighted by atomic mass is 35.5. The third kappa shape index (κ3) is 6.66. The van der Waals surface area contributed by atoms with E-state index in [2.05, 4.69) is 32.7 Å². The number of anilines is 1. The van der Waals surface area contributed by atoms with Crippen molar-refractivity contribution in [3.8, 4) is 11.3 Å². The van der Waals surface area contributed by atoms with E-state index in [1.807, 2.05) is 18.2 Å². The lowest BCUT2D eigenvalue weighted by molar-refractivity contribution is -0.125. The van der Waals surface area contributed by atoms with Crippen LogP contribution in [0.2, 0.25) is 5.02 Å². The maximum absolute atomic E-state index is 12.4. The molecule has 2 aromatic heterocycles. The molecule has 0 radical (unpaired) electrons. The fraction of sp³-hybridized carbons (Fsp3) is 0.286. The second-order valence-corrected chi connectivity index (χ2v) is 10.6. The molecule has 4 aromatic rings. The number of benzene rings is 2. The van der Waals surface area contributed by atoms with Crippen molar-refractivity contribution >= 4 is 50.9 Å². The van der Waals surface area contributed by atoms with Crippen LogP contribution in [0.25, 0.3) is 22.2 Å². The standard InChI is InChI=1S/C28H27ClN4O4S/c29-20-6-7-24-19(14-20)15-22(27(36)37-24)23-17-38-28(31-23)32-26(35)9-8-25(34)30-21-10-12-33(13-11-21)16-18-4-2-1-3-5-18/h1-7,14-15,17,21H,8-13,16H2,(H,30,34)(H,31,32,35). The molecule has 1 fully saturated rings. The zero-order valence-corrected chi connectivity index (χ0v) is 22.2. The van der Waals surface area contributed by atoms with Crippen molar-refractivity contribution < 1.29 is 14.0 Å². The fourth-order valence-corrected chi connectivity index (χ4v) is 5.42. The van der Waals surface area contributed by atoms with Gasteiger partial charge in [0, 0.05) is 54.3 Å². The van der Waals surface area contributed by atoms with Crippen molar-refractivity contribution in [2.24, 2.45) is 0 Å². The summed E-state index contributed by atoms with van der Waals surface area (Å²) in [5.41, 5.74) is 1.88. The van der Waals surface area contributed by atoms with Gasteiger partial charge in [0.2, 0.25) is 11.8 Å². The van der Waals surface area contributed by atoms with Crippen molar-refractivity contribution in [3.05, 3.63) is 81.0 Å². The predicted molar refractivity (Wildman–Crippen MR) is 149 cm³/mol. The molecule has 0 atom stereocenters. The average molecular weight is 551 g/mol. The van der Waals surface area contributed by atoms with Crippen LogP contribution in [0.4, 0.5) is 5.13 Å². The van der Waals surface area contributed by atoms with Gasteiger partial charge < -0.3 is 15.1 Å². The van der Waals surface area contributed by atoms with Crippen molar-refractivity contribution in [1.82, 2.24) is 15.2 Å². The zero-order chi connectivity index (χ0) is 26.5. The predicted octanol–water partition coefficient (Wildman–Crippen LogP) is 5.07. The third-order valence-electron chi connectivity index (χ3n) is 6.50. The highest BCUT2D eigenvalue weighted by Crippen LogP contribution is 2.26. The Kier molecular flexibility index (Phi) is 8.17. The molecule has 0 bridgehead atoms. The maximum Gasteiger partial charge on any atom is 0.345 e. The Hall–Kier alpha value is -3.53. The summed E-state index contributed by atoms with van der Waals surface area (Å²) < 4.78 is 5.37. The second-order valence-electron chi connectivity index (χ2n) is 9.32.